The van der Waals surface area contributed by atoms with Gasteiger partial charge in [-0.15, -0.1) is 0 Å². The van der Waals surface area contributed by atoms with Gasteiger partial charge in [0.25, 0.3) is 0 Å². The van der Waals surface area contributed by atoms with Crippen LogP contribution in [0.15, 0.2) is 18.2 Å². The molecule has 1 spiro atoms. The van der Waals surface area contributed by atoms with Crippen LogP contribution in [0.1, 0.15) is 24.8 Å². The average molecular weight is 216 g/mol. The van der Waals surface area contributed by atoms with Gasteiger partial charge in [0.15, 0.2) is 0 Å². The van der Waals surface area contributed by atoms with Crippen molar-refractivity contribution in [2.75, 3.05) is 18.0 Å². The number of halogens is 1. The lowest BCUT2D eigenvalue weighted by Gasteiger charge is -2.19. The molecule has 1 heterocycles. The van der Waals surface area contributed by atoms with Gasteiger partial charge in [-0.25, -0.2) is 4.39 Å². The molecule has 1 aliphatic heterocycles. The standard InChI is InChI=1S/C13H13FN2/c14-11-1-2-12(10(7-11)8-15)16-6-5-13(9-16)3-4-13/h1-2,7H,3-6,9H2. The van der Waals surface area contributed by atoms with Gasteiger partial charge in [0.1, 0.15) is 11.9 Å². The first-order chi connectivity index (χ1) is 7.72. The minimum atomic E-state index is -0.333. The first-order valence-electron chi connectivity index (χ1n) is 5.67. The molecule has 1 aromatic carbocycles. The predicted molar refractivity (Wildman–Crippen MR) is 59.6 cm³/mol. The van der Waals surface area contributed by atoms with Gasteiger partial charge in [0.2, 0.25) is 0 Å². The van der Waals surface area contributed by atoms with E-state index in [-0.39, 0.29) is 5.82 Å². The summed E-state index contributed by atoms with van der Waals surface area (Å²) in [6, 6.07) is 6.58. The van der Waals surface area contributed by atoms with Gasteiger partial charge in [-0.05, 0) is 42.9 Å². The van der Waals surface area contributed by atoms with E-state index >= 15 is 0 Å². The molecular formula is C13H13FN2. The highest BCUT2D eigenvalue weighted by Gasteiger charge is 2.47. The topological polar surface area (TPSA) is 27.0 Å². The van der Waals surface area contributed by atoms with Gasteiger partial charge in [-0.1, -0.05) is 0 Å². The molecule has 16 heavy (non-hydrogen) atoms. The normalized spacial score (nSPS) is 21.1. The SMILES string of the molecule is N#Cc1cc(F)ccc1N1CCC2(CC2)C1. The number of hydrogen-bond donors (Lipinski definition) is 0. The third kappa shape index (κ3) is 1.46. The Kier molecular flexibility index (Phi) is 1.94. The Morgan fingerprint density at radius 2 is 2.12 bits per heavy atom. The fourth-order valence-electron chi connectivity index (χ4n) is 2.60. The van der Waals surface area contributed by atoms with E-state index in [0.29, 0.717) is 11.0 Å². The Balaban J connectivity index is 1.92. The molecule has 1 saturated heterocycles. The molecule has 82 valence electrons. The maximum atomic E-state index is 13.0. The second-order valence-electron chi connectivity index (χ2n) is 4.94. The van der Waals surface area contributed by atoms with Crippen LogP contribution in [0.5, 0.6) is 0 Å². The quantitative estimate of drug-likeness (QED) is 0.721. The monoisotopic (exact) mass is 216 g/mol. The maximum absolute atomic E-state index is 13.0. The molecule has 3 rings (SSSR count). The Labute approximate surface area is 94.3 Å². The Hall–Kier alpha value is -1.56. The van der Waals surface area contributed by atoms with E-state index in [1.807, 2.05) is 0 Å². The molecule has 0 atom stereocenters. The zero-order valence-electron chi connectivity index (χ0n) is 9.04. The maximum Gasteiger partial charge on any atom is 0.124 e. The molecule has 0 N–H and O–H groups in total. The number of rotatable bonds is 1. The molecule has 1 aliphatic carbocycles. The van der Waals surface area contributed by atoms with Gasteiger partial charge in [0.05, 0.1) is 11.3 Å². The summed E-state index contributed by atoms with van der Waals surface area (Å²) in [5, 5.41) is 9.01. The van der Waals surface area contributed by atoms with Crippen LogP contribution in [-0.4, -0.2) is 13.1 Å². The Morgan fingerprint density at radius 1 is 1.31 bits per heavy atom. The van der Waals surface area contributed by atoms with Crippen molar-refractivity contribution in [2.24, 2.45) is 5.41 Å². The molecular weight excluding hydrogens is 203 g/mol. The summed E-state index contributed by atoms with van der Waals surface area (Å²) in [6.45, 7) is 2.04. The van der Waals surface area contributed by atoms with Gasteiger partial charge in [-0.3, -0.25) is 0 Å². The molecule has 1 saturated carbocycles. The summed E-state index contributed by atoms with van der Waals surface area (Å²) in [4.78, 5) is 2.23. The van der Waals surface area contributed by atoms with Crippen molar-refractivity contribution in [2.45, 2.75) is 19.3 Å². The number of nitriles is 1. The summed E-state index contributed by atoms with van der Waals surface area (Å²) in [5.74, 6) is -0.333. The Morgan fingerprint density at radius 3 is 2.75 bits per heavy atom. The second kappa shape index (κ2) is 3.21. The van der Waals surface area contributed by atoms with Crippen molar-refractivity contribution in [3.05, 3.63) is 29.6 Å². The minimum Gasteiger partial charge on any atom is -0.370 e. The summed E-state index contributed by atoms with van der Waals surface area (Å²) >= 11 is 0. The van der Waals surface area contributed by atoms with E-state index in [9.17, 15) is 4.39 Å². The Bertz CT molecular complexity index is 471. The minimum absolute atomic E-state index is 0.333. The summed E-state index contributed by atoms with van der Waals surface area (Å²) < 4.78 is 13.0. The first kappa shape index (κ1) is 9.65. The van der Waals surface area contributed by atoms with Crippen LogP contribution in [0.2, 0.25) is 0 Å². The molecule has 0 amide bonds. The summed E-state index contributed by atoms with van der Waals surface area (Å²) in [7, 11) is 0. The number of benzene rings is 1. The second-order valence-corrected chi connectivity index (χ2v) is 4.94. The molecule has 2 fully saturated rings. The van der Waals surface area contributed by atoms with Crippen LogP contribution in [0.25, 0.3) is 0 Å². The van der Waals surface area contributed by atoms with Crippen molar-refractivity contribution in [1.29, 1.82) is 5.26 Å². The van der Waals surface area contributed by atoms with Crippen LogP contribution in [-0.2, 0) is 0 Å². The van der Waals surface area contributed by atoms with Crippen LogP contribution < -0.4 is 4.90 Å². The van der Waals surface area contributed by atoms with E-state index in [0.717, 1.165) is 18.8 Å². The van der Waals surface area contributed by atoms with Crippen LogP contribution in [0.4, 0.5) is 10.1 Å². The van der Waals surface area contributed by atoms with Crippen molar-refractivity contribution in [3.63, 3.8) is 0 Å². The molecule has 0 radical (unpaired) electrons. The van der Waals surface area contributed by atoms with E-state index in [2.05, 4.69) is 11.0 Å². The fourth-order valence-corrected chi connectivity index (χ4v) is 2.60. The molecule has 0 bridgehead atoms. The van der Waals surface area contributed by atoms with Gasteiger partial charge in [-0.2, -0.15) is 5.26 Å². The van der Waals surface area contributed by atoms with Crippen LogP contribution >= 0.6 is 0 Å². The fraction of sp³-hybridized carbons (Fsp3) is 0.462. The van der Waals surface area contributed by atoms with Gasteiger partial charge >= 0.3 is 0 Å². The molecule has 0 aromatic heterocycles. The van der Waals surface area contributed by atoms with Crippen LogP contribution in [0, 0.1) is 22.6 Å². The van der Waals surface area contributed by atoms with E-state index in [1.165, 1.54) is 31.4 Å². The summed E-state index contributed by atoms with van der Waals surface area (Å²) in [5.41, 5.74) is 1.88. The molecule has 3 heteroatoms. The zero-order valence-corrected chi connectivity index (χ0v) is 9.04. The number of nitrogens with zero attached hydrogens (tertiary/aromatic N) is 2. The lowest BCUT2D eigenvalue weighted by atomic mass is 10.1. The lowest BCUT2D eigenvalue weighted by Crippen LogP contribution is -2.21. The smallest absolute Gasteiger partial charge is 0.124 e. The van der Waals surface area contributed by atoms with Gasteiger partial charge < -0.3 is 4.90 Å². The molecule has 1 aromatic rings. The highest BCUT2D eigenvalue weighted by atomic mass is 19.1. The average Bonchev–Trinajstić information content (AvgIpc) is 2.90. The number of anilines is 1. The zero-order chi connectivity index (χ0) is 11.2. The lowest BCUT2D eigenvalue weighted by molar-refractivity contribution is 0.581. The van der Waals surface area contributed by atoms with E-state index in [4.69, 9.17) is 5.26 Å². The highest BCUT2D eigenvalue weighted by molar-refractivity contribution is 5.60. The predicted octanol–water partition coefficient (Wildman–Crippen LogP) is 2.69. The largest absolute Gasteiger partial charge is 0.370 e. The molecule has 2 aliphatic rings. The number of hydrogen-bond acceptors (Lipinski definition) is 2. The van der Waals surface area contributed by atoms with Crippen LogP contribution in [0.3, 0.4) is 0 Å². The highest BCUT2D eigenvalue weighted by Crippen LogP contribution is 2.53. The van der Waals surface area contributed by atoms with Crippen molar-refractivity contribution >= 4 is 5.69 Å². The van der Waals surface area contributed by atoms with Crippen molar-refractivity contribution < 1.29 is 4.39 Å². The third-order valence-corrected chi connectivity index (χ3v) is 3.82. The van der Waals surface area contributed by atoms with E-state index in [1.54, 1.807) is 6.07 Å². The third-order valence-electron chi connectivity index (χ3n) is 3.82. The molecule has 2 nitrogen and oxygen atoms in total. The van der Waals surface area contributed by atoms with Crippen molar-refractivity contribution in [1.82, 2.24) is 0 Å². The van der Waals surface area contributed by atoms with E-state index < -0.39 is 0 Å². The van der Waals surface area contributed by atoms with Crippen molar-refractivity contribution in [3.8, 4) is 6.07 Å². The van der Waals surface area contributed by atoms with Gasteiger partial charge in [0, 0.05) is 13.1 Å². The summed E-state index contributed by atoms with van der Waals surface area (Å²) in [6.07, 6.45) is 3.84. The first-order valence-corrected chi connectivity index (χ1v) is 5.67. The molecule has 0 unspecified atom stereocenters.